The number of benzene rings is 3. The molecule has 0 amide bonds. The first kappa shape index (κ1) is 14.5. The van der Waals surface area contributed by atoms with Crippen molar-refractivity contribution in [2.24, 2.45) is 0 Å². The van der Waals surface area contributed by atoms with Crippen LogP contribution >= 0.6 is 0 Å². The number of nitrogens with zero attached hydrogens (tertiary/aromatic N) is 1. The SMILES string of the molecule is Cc1cccc(Oc2nc3ccccc3cc2-c2ccccc2)c1. The minimum absolute atomic E-state index is 0.630. The molecule has 0 saturated heterocycles. The zero-order chi connectivity index (χ0) is 16.4. The highest BCUT2D eigenvalue weighted by Crippen LogP contribution is 2.34. The third-order valence-corrected chi connectivity index (χ3v) is 3.98. The van der Waals surface area contributed by atoms with Gasteiger partial charge in [0.2, 0.25) is 5.88 Å². The van der Waals surface area contributed by atoms with Gasteiger partial charge in [0.25, 0.3) is 0 Å². The maximum atomic E-state index is 6.14. The zero-order valence-corrected chi connectivity index (χ0v) is 13.4. The maximum absolute atomic E-state index is 6.14. The third-order valence-electron chi connectivity index (χ3n) is 3.98. The summed E-state index contributed by atoms with van der Waals surface area (Å²) in [6.45, 7) is 2.05. The quantitative estimate of drug-likeness (QED) is 0.463. The Labute approximate surface area is 141 Å². The molecule has 0 radical (unpaired) electrons. The Morgan fingerprint density at radius 1 is 0.750 bits per heavy atom. The maximum Gasteiger partial charge on any atom is 0.227 e. The molecule has 4 rings (SSSR count). The second-order valence-electron chi connectivity index (χ2n) is 5.82. The van der Waals surface area contributed by atoms with Gasteiger partial charge in [-0.3, -0.25) is 0 Å². The number of aromatic nitrogens is 1. The third kappa shape index (κ3) is 2.86. The molecular weight excluding hydrogens is 294 g/mol. The lowest BCUT2D eigenvalue weighted by atomic mass is 10.0. The molecule has 0 unspecified atom stereocenters. The molecule has 1 aromatic heterocycles. The lowest BCUT2D eigenvalue weighted by Gasteiger charge is -2.12. The van der Waals surface area contributed by atoms with Crippen LogP contribution in [0.25, 0.3) is 22.0 Å². The van der Waals surface area contributed by atoms with Crippen LogP contribution < -0.4 is 4.74 Å². The van der Waals surface area contributed by atoms with Crippen LogP contribution in [0.4, 0.5) is 0 Å². The Bertz CT molecular complexity index is 993. The van der Waals surface area contributed by atoms with E-state index in [0.717, 1.165) is 33.3 Å². The molecule has 0 aliphatic carbocycles. The van der Waals surface area contributed by atoms with Crippen LogP contribution in [0.3, 0.4) is 0 Å². The molecule has 0 atom stereocenters. The minimum Gasteiger partial charge on any atom is -0.438 e. The molecular formula is C22H17NO. The van der Waals surface area contributed by atoms with Gasteiger partial charge in [-0.2, -0.15) is 0 Å². The van der Waals surface area contributed by atoms with Gasteiger partial charge in [0.1, 0.15) is 5.75 Å². The Kier molecular flexibility index (Phi) is 3.72. The van der Waals surface area contributed by atoms with E-state index in [9.17, 15) is 0 Å². The van der Waals surface area contributed by atoms with Gasteiger partial charge in [-0.25, -0.2) is 4.98 Å². The van der Waals surface area contributed by atoms with Gasteiger partial charge < -0.3 is 4.74 Å². The number of rotatable bonds is 3. The fourth-order valence-corrected chi connectivity index (χ4v) is 2.79. The van der Waals surface area contributed by atoms with E-state index in [1.807, 2.05) is 54.6 Å². The molecule has 0 N–H and O–H groups in total. The Hall–Kier alpha value is -3.13. The largest absolute Gasteiger partial charge is 0.438 e. The van der Waals surface area contributed by atoms with Crippen LogP contribution in [0.5, 0.6) is 11.6 Å². The van der Waals surface area contributed by atoms with Crippen LogP contribution in [0.1, 0.15) is 5.56 Å². The van der Waals surface area contributed by atoms with Crippen molar-refractivity contribution in [3.63, 3.8) is 0 Å². The molecule has 0 spiro atoms. The van der Waals surface area contributed by atoms with Gasteiger partial charge in [-0.15, -0.1) is 0 Å². The van der Waals surface area contributed by atoms with E-state index in [1.54, 1.807) is 0 Å². The van der Waals surface area contributed by atoms with Gasteiger partial charge in [-0.05, 0) is 42.3 Å². The highest BCUT2D eigenvalue weighted by atomic mass is 16.5. The van der Waals surface area contributed by atoms with Gasteiger partial charge in [-0.1, -0.05) is 60.7 Å². The molecule has 0 bridgehead atoms. The highest BCUT2D eigenvalue weighted by Gasteiger charge is 2.11. The molecule has 0 fully saturated rings. The van der Waals surface area contributed by atoms with Crippen molar-refractivity contribution in [3.05, 3.63) is 90.5 Å². The summed E-state index contributed by atoms with van der Waals surface area (Å²) < 4.78 is 6.14. The summed E-state index contributed by atoms with van der Waals surface area (Å²) in [5, 5.41) is 1.10. The summed E-state index contributed by atoms with van der Waals surface area (Å²) in [7, 11) is 0. The standard InChI is InChI=1S/C22H17NO/c1-16-8-7-12-19(14-16)24-22-20(17-9-3-2-4-10-17)15-18-11-5-6-13-21(18)23-22/h2-15H,1H3. The summed E-state index contributed by atoms with van der Waals surface area (Å²) in [5.41, 5.74) is 4.18. The minimum atomic E-state index is 0.630. The van der Waals surface area contributed by atoms with Crippen LogP contribution in [0, 0.1) is 6.92 Å². The number of fused-ring (bicyclic) bond motifs is 1. The average molecular weight is 311 g/mol. The summed E-state index contributed by atoms with van der Waals surface area (Å²) >= 11 is 0. The molecule has 116 valence electrons. The van der Waals surface area contributed by atoms with E-state index in [-0.39, 0.29) is 0 Å². The molecule has 0 aliphatic rings. The van der Waals surface area contributed by atoms with E-state index in [4.69, 9.17) is 9.72 Å². The van der Waals surface area contributed by atoms with Crippen molar-refractivity contribution in [3.8, 4) is 22.8 Å². The van der Waals surface area contributed by atoms with Crippen molar-refractivity contribution in [2.75, 3.05) is 0 Å². The normalized spacial score (nSPS) is 10.7. The highest BCUT2D eigenvalue weighted by molar-refractivity contribution is 5.86. The van der Waals surface area contributed by atoms with Crippen molar-refractivity contribution in [1.82, 2.24) is 4.98 Å². The molecule has 2 nitrogen and oxygen atoms in total. The van der Waals surface area contributed by atoms with Gasteiger partial charge in [0.15, 0.2) is 0 Å². The fourth-order valence-electron chi connectivity index (χ4n) is 2.79. The summed E-state index contributed by atoms with van der Waals surface area (Å²) in [4.78, 5) is 4.75. The summed E-state index contributed by atoms with van der Waals surface area (Å²) in [6.07, 6.45) is 0. The second kappa shape index (κ2) is 6.17. The average Bonchev–Trinajstić information content (AvgIpc) is 2.62. The van der Waals surface area contributed by atoms with Gasteiger partial charge >= 0.3 is 0 Å². The van der Waals surface area contributed by atoms with E-state index >= 15 is 0 Å². The Morgan fingerprint density at radius 3 is 2.38 bits per heavy atom. The number of hydrogen-bond donors (Lipinski definition) is 0. The summed E-state index contributed by atoms with van der Waals surface area (Å²) in [6, 6.07) is 28.5. The molecule has 2 heteroatoms. The smallest absolute Gasteiger partial charge is 0.227 e. The lowest BCUT2D eigenvalue weighted by Crippen LogP contribution is -1.93. The molecule has 24 heavy (non-hydrogen) atoms. The summed E-state index contributed by atoms with van der Waals surface area (Å²) in [5.74, 6) is 1.43. The predicted molar refractivity (Wildman–Crippen MR) is 98.4 cm³/mol. The van der Waals surface area contributed by atoms with Crippen molar-refractivity contribution >= 4 is 10.9 Å². The number of para-hydroxylation sites is 1. The van der Waals surface area contributed by atoms with Crippen LogP contribution in [0.2, 0.25) is 0 Å². The molecule has 0 saturated carbocycles. The first-order valence-corrected chi connectivity index (χ1v) is 7.99. The number of pyridine rings is 1. The van der Waals surface area contributed by atoms with Gasteiger partial charge in [0, 0.05) is 10.9 Å². The van der Waals surface area contributed by atoms with Gasteiger partial charge in [0.05, 0.1) is 5.52 Å². The van der Waals surface area contributed by atoms with Crippen molar-refractivity contribution in [2.45, 2.75) is 6.92 Å². The second-order valence-corrected chi connectivity index (χ2v) is 5.82. The molecule has 4 aromatic rings. The number of ether oxygens (including phenoxy) is 1. The topological polar surface area (TPSA) is 22.1 Å². The molecule has 0 aliphatic heterocycles. The van der Waals surface area contributed by atoms with Crippen LogP contribution in [-0.4, -0.2) is 4.98 Å². The fraction of sp³-hybridized carbons (Fsp3) is 0.0455. The zero-order valence-electron chi connectivity index (χ0n) is 13.4. The molecule has 1 heterocycles. The molecule has 3 aromatic carbocycles. The Balaban J connectivity index is 1.88. The van der Waals surface area contributed by atoms with E-state index in [2.05, 4.69) is 37.3 Å². The van der Waals surface area contributed by atoms with Crippen LogP contribution in [-0.2, 0) is 0 Å². The van der Waals surface area contributed by atoms with Crippen LogP contribution in [0.15, 0.2) is 84.9 Å². The van der Waals surface area contributed by atoms with E-state index in [0.29, 0.717) is 5.88 Å². The Morgan fingerprint density at radius 2 is 1.54 bits per heavy atom. The van der Waals surface area contributed by atoms with E-state index < -0.39 is 0 Å². The number of aryl methyl sites for hydroxylation is 1. The first-order chi connectivity index (χ1) is 11.8. The van der Waals surface area contributed by atoms with Crippen molar-refractivity contribution < 1.29 is 4.74 Å². The lowest BCUT2D eigenvalue weighted by molar-refractivity contribution is 0.466. The van der Waals surface area contributed by atoms with E-state index in [1.165, 1.54) is 0 Å². The predicted octanol–water partition coefficient (Wildman–Crippen LogP) is 6.00. The number of hydrogen-bond acceptors (Lipinski definition) is 2. The van der Waals surface area contributed by atoms with Crippen molar-refractivity contribution in [1.29, 1.82) is 0 Å². The monoisotopic (exact) mass is 311 g/mol. The first-order valence-electron chi connectivity index (χ1n) is 7.99.